The van der Waals surface area contributed by atoms with Crippen LogP contribution in [-0.2, 0) is 5.41 Å². The lowest BCUT2D eigenvalue weighted by Crippen LogP contribution is -2.30. The molecular weight excluding hydrogens is 1010 g/mol. The highest BCUT2D eigenvalue weighted by molar-refractivity contribution is 7.79. The van der Waals surface area contributed by atoms with Gasteiger partial charge in [-0.3, -0.25) is 5.41 Å². The third-order valence-electron chi connectivity index (χ3n) is 17.9. The molecule has 0 saturated carbocycles. The van der Waals surface area contributed by atoms with Crippen LogP contribution in [0, 0.1) is 47.0 Å². The summed E-state index contributed by atoms with van der Waals surface area (Å²) in [5, 5.41) is 14.8. The van der Waals surface area contributed by atoms with Crippen LogP contribution in [0.1, 0.15) is 61.2 Å². The SMILES string of the molecule is Cc1cc(C)c(-c2ccc(N(C3=CC=C(c4ccc5c(c4)c4ccc6ccccc6c4n5-c4cccc5c4-c4ccccc4C54c5ccccc5-c5ccccc54)/C(=N/S)C3=N)c3ccc(-c4c(C)cc(C)cc4C)cc3)cc2)c(C)c1. The van der Waals surface area contributed by atoms with Gasteiger partial charge >= 0.3 is 0 Å². The number of hydrogen-bond donors (Lipinski definition) is 2. The van der Waals surface area contributed by atoms with Crippen molar-refractivity contribution in [3.63, 3.8) is 0 Å². The van der Waals surface area contributed by atoms with E-state index in [2.05, 4.69) is 299 Å². The Morgan fingerprint density at radius 1 is 0.439 bits per heavy atom. The van der Waals surface area contributed by atoms with Gasteiger partial charge in [0.25, 0.3) is 0 Å². The van der Waals surface area contributed by atoms with Crippen molar-refractivity contribution in [2.45, 2.75) is 47.0 Å². The number of benzene rings is 11. The van der Waals surface area contributed by atoms with Crippen molar-refractivity contribution in [3.8, 4) is 50.2 Å². The molecule has 3 aliphatic carbocycles. The standard InChI is InChI=1S/C77H58N4S/c1-45-40-47(3)71(48(4)41-45)52-26-32-55(33-27-52)80(56-34-28-53(29-35-56)72-49(5)42-46(2)43-50(72)6)70-39-37-57(75(79-82)74(70)78)54-31-38-68-63(44-54)61-36-30-51-16-7-8-17-58(51)76(61)81(68)69-25-15-24-67-73(69)62-20-11-14-23-66(62)77(67)64-21-12-9-18-59(64)60-19-10-13-22-65(60)77/h7-44,78,82H,1-6H3/b78-74?,79-75-. The number of nitrogens with one attached hydrogen (secondary N) is 1. The highest BCUT2D eigenvalue weighted by atomic mass is 32.1. The zero-order chi connectivity index (χ0) is 55.7. The molecule has 0 amide bonds. The number of thiol groups is 1. The molecule has 0 fully saturated rings. The summed E-state index contributed by atoms with van der Waals surface area (Å²) < 4.78 is 7.20. The van der Waals surface area contributed by atoms with E-state index in [-0.39, 0.29) is 5.71 Å². The van der Waals surface area contributed by atoms with E-state index in [1.807, 2.05) is 0 Å². The fourth-order valence-electron chi connectivity index (χ4n) is 14.9. The molecule has 12 aromatic rings. The third kappa shape index (κ3) is 7.19. The van der Waals surface area contributed by atoms with Crippen LogP contribution in [-0.4, -0.2) is 16.0 Å². The van der Waals surface area contributed by atoms with Gasteiger partial charge in [0.05, 0.1) is 27.8 Å². The Kier molecular flexibility index (Phi) is 11.3. The molecule has 0 bridgehead atoms. The number of anilines is 2. The minimum absolute atomic E-state index is 0.284. The van der Waals surface area contributed by atoms with Crippen molar-refractivity contribution in [2.24, 2.45) is 4.40 Å². The molecule has 0 aliphatic heterocycles. The van der Waals surface area contributed by atoms with Crippen molar-refractivity contribution >= 4 is 73.8 Å². The van der Waals surface area contributed by atoms with Gasteiger partial charge in [0.15, 0.2) is 0 Å². The van der Waals surface area contributed by atoms with E-state index in [4.69, 9.17) is 0 Å². The maximum atomic E-state index is 10.2. The van der Waals surface area contributed by atoms with Crippen molar-refractivity contribution in [1.29, 1.82) is 5.41 Å². The summed E-state index contributed by atoms with van der Waals surface area (Å²) in [4.78, 5) is 2.19. The van der Waals surface area contributed by atoms with Crippen LogP contribution in [0.3, 0.4) is 0 Å². The molecule has 82 heavy (non-hydrogen) atoms. The molecule has 5 heteroatoms. The average Bonchev–Trinajstić information content (AvgIpc) is 1.61. The van der Waals surface area contributed by atoms with Gasteiger partial charge < -0.3 is 9.47 Å². The molecule has 0 unspecified atom stereocenters. The second-order valence-corrected chi connectivity index (χ2v) is 23.0. The van der Waals surface area contributed by atoms with Gasteiger partial charge in [-0.2, -0.15) is 0 Å². The summed E-state index contributed by atoms with van der Waals surface area (Å²) >= 11 is 4.69. The molecule has 1 heterocycles. The monoisotopic (exact) mass is 1070 g/mol. The molecule has 15 rings (SSSR count). The number of aromatic nitrogens is 1. The number of allylic oxidation sites excluding steroid dienone is 4. The highest BCUT2D eigenvalue weighted by Crippen LogP contribution is 2.64. The number of hydrogen-bond acceptors (Lipinski definition) is 4. The minimum Gasteiger partial charge on any atom is -0.308 e. The first-order valence-electron chi connectivity index (χ1n) is 28.3. The average molecular weight is 1070 g/mol. The summed E-state index contributed by atoms with van der Waals surface area (Å²) in [6.45, 7) is 13.1. The Morgan fingerprint density at radius 3 is 1.54 bits per heavy atom. The second-order valence-electron chi connectivity index (χ2n) is 22.8. The van der Waals surface area contributed by atoms with E-state index in [1.165, 1.54) is 99.8 Å². The molecule has 4 nitrogen and oxygen atoms in total. The Labute approximate surface area is 484 Å². The Morgan fingerprint density at radius 2 is 0.951 bits per heavy atom. The normalized spacial score (nSPS) is 14.3. The fraction of sp³-hybridized carbons (Fsp3) is 0.0909. The maximum Gasteiger partial charge on any atom is 0.106 e. The predicted octanol–water partition coefficient (Wildman–Crippen LogP) is 19.9. The first-order chi connectivity index (χ1) is 40.0. The van der Waals surface area contributed by atoms with Crippen molar-refractivity contribution < 1.29 is 0 Å². The lowest BCUT2D eigenvalue weighted by Gasteiger charge is -2.31. The summed E-state index contributed by atoms with van der Waals surface area (Å²) in [6.07, 6.45) is 4.22. The van der Waals surface area contributed by atoms with Crippen LogP contribution < -0.4 is 4.90 Å². The van der Waals surface area contributed by atoms with E-state index >= 15 is 0 Å². The zero-order valence-electron chi connectivity index (χ0n) is 46.7. The largest absolute Gasteiger partial charge is 0.308 e. The third-order valence-corrected chi connectivity index (χ3v) is 18.1. The van der Waals surface area contributed by atoms with Crippen LogP contribution in [0.5, 0.6) is 0 Å². The molecule has 0 saturated heterocycles. The molecule has 1 spiro atoms. The van der Waals surface area contributed by atoms with E-state index < -0.39 is 5.41 Å². The van der Waals surface area contributed by atoms with Gasteiger partial charge in [0.1, 0.15) is 11.4 Å². The fourth-order valence-corrected chi connectivity index (χ4v) is 15.1. The van der Waals surface area contributed by atoms with Crippen molar-refractivity contribution in [1.82, 2.24) is 4.57 Å². The molecule has 0 atom stereocenters. The van der Waals surface area contributed by atoms with Gasteiger partial charge in [-0.25, -0.2) is 4.40 Å². The minimum atomic E-state index is -0.474. The smallest absolute Gasteiger partial charge is 0.106 e. The highest BCUT2D eigenvalue weighted by Gasteiger charge is 2.52. The van der Waals surface area contributed by atoms with Crippen LogP contribution in [0.25, 0.3) is 88.3 Å². The second kappa shape index (κ2) is 18.8. The zero-order valence-corrected chi connectivity index (χ0v) is 47.6. The number of fused-ring (bicyclic) bond motifs is 15. The molecule has 1 N–H and O–H groups in total. The van der Waals surface area contributed by atoms with Gasteiger partial charge in [0, 0.05) is 38.7 Å². The Bertz CT molecular complexity index is 4640. The Balaban J connectivity index is 0.900. The first kappa shape index (κ1) is 49.5. The summed E-state index contributed by atoms with van der Waals surface area (Å²) in [7, 11) is 0. The van der Waals surface area contributed by atoms with Gasteiger partial charge in [0.2, 0.25) is 0 Å². The lowest BCUT2D eigenvalue weighted by molar-refractivity contribution is 0.793. The van der Waals surface area contributed by atoms with E-state index in [0.29, 0.717) is 11.4 Å². The summed E-state index contributed by atoms with van der Waals surface area (Å²) in [5.41, 5.74) is 30.8. The van der Waals surface area contributed by atoms with E-state index in [9.17, 15) is 5.41 Å². The van der Waals surface area contributed by atoms with Crippen molar-refractivity contribution in [2.75, 3.05) is 4.90 Å². The molecule has 11 aromatic carbocycles. The van der Waals surface area contributed by atoms with E-state index in [1.54, 1.807) is 0 Å². The summed E-state index contributed by atoms with van der Waals surface area (Å²) in [6, 6.07) is 80.8. The van der Waals surface area contributed by atoms with Gasteiger partial charge in [-0.15, -0.1) is 0 Å². The van der Waals surface area contributed by atoms with Crippen molar-refractivity contribution in [3.05, 3.63) is 297 Å². The quantitative estimate of drug-likeness (QED) is 0.121. The summed E-state index contributed by atoms with van der Waals surface area (Å²) in [5.74, 6) is 0. The Hall–Kier alpha value is -9.55. The van der Waals surface area contributed by atoms with Gasteiger partial charge in [-0.05, 0) is 203 Å². The molecule has 3 aliphatic rings. The van der Waals surface area contributed by atoms with Crippen LogP contribution in [0.15, 0.2) is 241 Å². The van der Waals surface area contributed by atoms with Crippen LogP contribution >= 0.6 is 12.8 Å². The lowest BCUT2D eigenvalue weighted by atomic mass is 9.70. The predicted molar refractivity (Wildman–Crippen MR) is 349 cm³/mol. The van der Waals surface area contributed by atoms with Gasteiger partial charge in [-0.1, -0.05) is 187 Å². The first-order valence-corrected chi connectivity index (χ1v) is 28.7. The number of nitrogens with zero attached hydrogens (tertiary/aromatic N) is 3. The van der Waals surface area contributed by atoms with E-state index in [0.717, 1.165) is 61.1 Å². The van der Waals surface area contributed by atoms with Crippen LogP contribution in [0.4, 0.5) is 11.4 Å². The molecular formula is C77H58N4S. The topological polar surface area (TPSA) is 44.4 Å². The molecule has 0 radical (unpaired) electrons. The van der Waals surface area contributed by atoms with Crippen LogP contribution in [0.2, 0.25) is 0 Å². The maximum absolute atomic E-state index is 10.2. The number of aryl methyl sites for hydroxylation is 6. The molecule has 392 valence electrons. The molecule has 1 aromatic heterocycles. The number of rotatable bonds is 7.